The van der Waals surface area contributed by atoms with Gasteiger partial charge >= 0.3 is 5.97 Å². The maximum Gasteiger partial charge on any atom is 0.339 e. The highest BCUT2D eigenvalue weighted by molar-refractivity contribution is 5.94. The number of nitrogens with one attached hydrogen (secondary N) is 1. The van der Waals surface area contributed by atoms with E-state index >= 15 is 0 Å². The molecule has 1 aliphatic heterocycles. The molecule has 1 aliphatic rings. The van der Waals surface area contributed by atoms with E-state index in [4.69, 9.17) is 9.47 Å². The van der Waals surface area contributed by atoms with Crippen LogP contribution in [0.3, 0.4) is 0 Å². The van der Waals surface area contributed by atoms with E-state index in [1.54, 1.807) is 31.8 Å². The minimum absolute atomic E-state index is 0.385. The van der Waals surface area contributed by atoms with E-state index in [2.05, 4.69) is 10.4 Å². The van der Waals surface area contributed by atoms with Crippen molar-refractivity contribution in [3.63, 3.8) is 0 Å². The Morgan fingerprint density at radius 1 is 1.20 bits per heavy atom. The van der Waals surface area contributed by atoms with Gasteiger partial charge in [0.2, 0.25) is 0 Å². The number of ether oxygens (including phenoxy) is 2. The summed E-state index contributed by atoms with van der Waals surface area (Å²) in [5.74, 6) is 0.389. The highest BCUT2D eigenvalue weighted by atomic mass is 16.5. The number of nitrogens with zero attached hydrogens (tertiary/aromatic N) is 2. The molecule has 0 atom stereocenters. The van der Waals surface area contributed by atoms with Gasteiger partial charge in [0.25, 0.3) is 0 Å². The van der Waals surface area contributed by atoms with Crippen molar-refractivity contribution in [1.29, 1.82) is 0 Å². The van der Waals surface area contributed by atoms with Crippen molar-refractivity contribution < 1.29 is 14.3 Å². The maximum absolute atomic E-state index is 12.0. The first-order valence-corrected chi connectivity index (χ1v) is 7.78. The smallest absolute Gasteiger partial charge is 0.339 e. The zero-order valence-electron chi connectivity index (χ0n) is 14.1. The van der Waals surface area contributed by atoms with Gasteiger partial charge in [-0.2, -0.15) is 0 Å². The van der Waals surface area contributed by atoms with Gasteiger partial charge in [-0.15, -0.1) is 0 Å². The SMILES string of the molecule is COC(=O)C1=CN(Cc2cccnc2)NC(c2ccc(OC)cc2)=C1. The third-order valence-corrected chi connectivity index (χ3v) is 3.76. The van der Waals surface area contributed by atoms with E-state index in [0.29, 0.717) is 12.1 Å². The number of rotatable bonds is 5. The summed E-state index contributed by atoms with van der Waals surface area (Å²) >= 11 is 0. The van der Waals surface area contributed by atoms with Crippen molar-refractivity contribution in [2.75, 3.05) is 14.2 Å². The zero-order chi connectivity index (χ0) is 17.6. The average Bonchev–Trinajstić information content (AvgIpc) is 2.68. The molecule has 6 nitrogen and oxygen atoms in total. The van der Waals surface area contributed by atoms with Crippen LogP contribution in [0.2, 0.25) is 0 Å². The zero-order valence-corrected chi connectivity index (χ0v) is 14.1. The summed E-state index contributed by atoms with van der Waals surface area (Å²) < 4.78 is 10.1. The van der Waals surface area contributed by atoms with Crippen molar-refractivity contribution in [2.24, 2.45) is 0 Å². The van der Waals surface area contributed by atoms with Gasteiger partial charge in [-0.25, -0.2) is 4.79 Å². The quantitative estimate of drug-likeness (QED) is 0.846. The molecule has 0 fully saturated rings. The van der Waals surface area contributed by atoms with E-state index in [0.717, 1.165) is 22.6 Å². The minimum Gasteiger partial charge on any atom is -0.497 e. The lowest BCUT2D eigenvalue weighted by molar-refractivity contribution is -0.135. The third-order valence-electron chi connectivity index (χ3n) is 3.76. The number of hydrazine groups is 1. The molecule has 0 aliphatic carbocycles. The molecule has 2 aromatic rings. The molecule has 3 rings (SSSR count). The lowest BCUT2D eigenvalue weighted by Gasteiger charge is -2.28. The number of carbonyl (C=O) groups excluding carboxylic acids is 1. The van der Waals surface area contributed by atoms with Gasteiger partial charge in [0.05, 0.1) is 32.0 Å². The van der Waals surface area contributed by atoms with E-state index < -0.39 is 0 Å². The molecule has 0 saturated carbocycles. The molecule has 1 N–H and O–H groups in total. The predicted octanol–water partition coefficient (Wildman–Crippen LogP) is 2.51. The van der Waals surface area contributed by atoms with E-state index in [-0.39, 0.29) is 5.97 Å². The van der Waals surface area contributed by atoms with Gasteiger partial charge in [0, 0.05) is 18.6 Å². The summed E-state index contributed by atoms with van der Waals surface area (Å²) in [7, 11) is 3.00. The van der Waals surface area contributed by atoms with Crippen LogP contribution in [-0.4, -0.2) is 30.2 Å². The van der Waals surface area contributed by atoms with Gasteiger partial charge < -0.3 is 9.47 Å². The van der Waals surface area contributed by atoms with Gasteiger partial charge in [-0.1, -0.05) is 6.07 Å². The average molecular weight is 337 g/mol. The van der Waals surface area contributed by atoms with Crippen LogP contribution in [0.1, 0.15) is 11.1 Å². The first kappa shape index (κ1) is 16.6. The summed E-state index contributed by atoms with van der Waals surface area (Å²) in [4.78, 5) is 16.1. The van der Waals surface area contributed by atoms with Crippen LogP contribution in [0.4, 0.5) is 0 Å². The Kier molecular flexibility index (Phi) is 4.99. The Bertz CT molecular complexity index is 798. The Morgan fingerprint density at radius 3 is 2.64 bits per heavy atom. The van der Waals surface area contributed by atoms with E-state index in [1.807, 2.05) is 41.4 Å². The fourth-order valence-electron chi connectivity index (χ4n) is 2.50. The number of pyridine rings is 1. The number of benzene rings is 1. The van der Waals surface area contributed by atoms with Crippen molar-refractivity contribution >= 4 is 11.7 Å². The van der Waals surface area contributed by atoms with Crippen LogP contribution >= 0.6 is 0 Å². The van der Waals surface area contributed by atoms with Crippen LogP contribution in [-0.2, 0) is 16.1 Å². The third kappa shape index (κ3) is 3.98. The first-order chi connectivity index (χ1) is 12.2. The number of hydrogen-bond acceptors (Lipinski definition) is 6. The normalized spacial score (nSPS) is 13.4. The van der Waals surface area contributed by atoms with Crippen molar-refractivity contribution in [3.05, 3.63) is 77.8 Å². The Balaban J connectivity index is 1.88. The minimum atomic E-state index is -0.385. The summed E-state index contributed by atoms with van der Waals surface area (Å²) in [6.45, 7) is 0.557. The highest BCUT2D eigenvalue weighted by Crippen LogP contribution is 2.23. The molecule has 0 bridgehead atoms. The van der Waals surface area contributed by atoms with Crippen LogP contribution in [0.15, 0.2) is 66.6 Å². The number of carbonyl (C=O) groups is 1. The fourth-order valence-corrected chi connectivity index (χ4v) is 2.50. The molecular formula is C19H19N3O3. The number of hydrogen-bond donors (Lipinski definition) is 1. The second-order valence-corrected chi connectivity index (χ2v) is 5.46. The highest BCUT2D eigenvalue weighted by Gasteiger charge is 2.18. The van der Waals surface area contributed by atoms with E-state index in [1.165, 1.54) is 7.11 Å². The lowest BCUT2D eigenvalue weighted by Crippen LogP contribution is -2.35. The number of aromatic nitrogens is 1. The standard InChI is InChI=1S/C19H19N3O3/c1-24-17-7-5-15(6-8-17)18-10-16(19(23)25-2)13-22(21-18)12-14-4-3-9-20-11-14/h3-11,13,21H,12H2,1-2H3. The molecule has 1 aromatic carbocycles. The molecule has 0 unspecified atom stereocenters. The molecule has 25 heavy (non-hydrogen) atoms. The van der Waals surface area contributed by atoms with Crippen LogP contribution in [0.25, 0.3) is 5.70 Å². The van der Waals surface area contributed by atoms with Crippen LogP contribution in [0, 0.1) is 0 Å². The van der Waals surface area contributed by atoms with Crippen molar-refractivity contribution in [1.82, 2.24) is 15.4 Å². The molecular weight excluding hydrogens is 318 g/mol. The predicted molar refractivity (Wildman–Crippen MR) is 94.0 cm³/mol. The van der Waals surface area contributed by atoms with Gasteiger partial charge in [0.15, 0.2) is 0 Å². The molecule has 1 aromatic heterocycles. The lowest BCUT2D eigenvalue weighted by atomic mass is 10.1. The van der Waals surface area contributed by atoms with Crippen LogP contribution < -0.4 is 10.2 Å². The topological polar surface area (TPSA) is 63.7 Å². The second kappa shape index (κ2) is 7.53. The van der Waals surface area contributed by atoms with Gasteiger partial charge in [-0.3, -0.25) is 15.4 Å². The molecule has 0 saturated heterocycles. The molecule has 0 radical (unpaired) electrons. The van der Waals surface area contributed by atoms with Crippen LogP contribution in [0.5, 0.6) is 5.75 Å². The summed E-state index contributed by atoms with van der Waals surface area (Å²) in [5, 5.41) is 1.84. The summed E-state index contributed by atoms with van der Waals surface area (Å²) in [5.41, 5.74) is 6.53. The van der Waals surface area contributed by atoms with E-state index in [9.17, 15) is 4.79 Å². The number of esters is 1. The largest absolute Gasteiger partial charge is 0.497 e. The Morgan fingerprint density at radius 2 is 2.00 bits per heavy atom. The molecule has 0 spiro atoms. The summed E-state index contributed by atoms with van der Waals surface area (Å²) in [6.07, 6.45) is 7.02. The number of methoxy groups -OCH3 is 2. The van der Waals surface area contributed by atoms with Gasteiger partial charge in [-0.05, 0) is 47.5 Å². The monoisotopic (exact) mass is 337 g/mol. The second-order valence-electron chi connectivity index (χ2n) is 5.46. The Labute approximate surface area is 146 Å². The molecule has 2 heterocycles. The first-order valence-electron chi connectivity index (χ1n) is 7.78. The van der Waals surface area contributed by atoms with Crippen molar-refractivity contribution in [2.45, 2.75) is 6.54 Å². The summed E-state index contributed by atoms with van der Waals surface area (Å²) in [6, 6.07) is 11.5. The Hall–Kier alpha value is -3.28. The molecule has 0 amide bonds. The van der Waals surface area contributed by atoms with Gasteiger partial charge in [0.1, 0.15) is 5.75 Å². The molecule has 6 heteroatoms. The molecule has 128 valence electrons. The maximum atomic E-state index is 12.0. The van der Waals surface area contributed by atoms with Crippen molar-refractivity contribution in [3.8, 4) is 5.75 Å². The fraction of sp³-hybridized carbons (Fsp3) is 0.158.